The first-order valence-corrected chi connectivity index (χ1v) is 10.2. The van der Waals surface area contributed by atoms with Crippen LogP contribution in [-0.4, -0.2) is 71.7 Å². The van der Waals surface area contributed by atoms with Crippen LogP contribution in [0.3, 0.4) is 0 Å². The van der Waals surface area contributed by atoms with Crippen LogP contribution >= 0.6 is 0 Å². The fourth-order valence-corrected chi connectivity index (χ4v) is 3.81. The van der Waals surface area contributed by atoms with E-state index < -0.39 is 0 Å². The molecule has 0 spiro atoms. The number of anilines is 1. The average Bonchev–Trinajstić information content (AvgIpc) is 3.16. The Morgan fingerprint density at radius 1 is 1.18 bits per heavy atom. The number of carbonyl (C=O) groups is 1. The summed E-state index contributed by atoms with van der Waals surface area (Å²) in [6, 6.07) is 8.32. The maximum Gasteiger partial charge on any atom is 0.321 e. The lowest BCUT2D eigenvalue weighted by Crippen LogP contribution is -2.50. The van der Waals surface area contributed by atoms with Crippen LogP contribution in [0, 0.1) is 0 Å². The van der Waals surface area contributed by atoms with Gasteiger partial charge < -0.3 is 20.0 Å². The molecule has 1 atom stereocenters. The Hall–Kier alpha value is -2.83. The van der Waals surface area contributed by atoms with E-state index in [4.69, 9.17) is 4.99 Å². The molecule has 2 amide bonds. The number of urea groups is 1. The lowest BCUT2D eigenvalue weighted by atomic mass is 10.1. The largest absolute Gasteiger partial charge is 0.353 e. The Morgan fingerprint density at radius 2 is 1.96 bits per heavy atom. The Bertz CT molecular complexity index is 822. The van der Waals surface area contributed by atoms with E-state index >= 15 is 0 Å². The van der Waals surface area contributed by atoms with E-state index in [-0.39, 0.29) is 6.03 Å². The third kappa shape index (κ3) is 3.74. The zero-order chi connectivity index (χ0) is 19.5. The molecule has 0 saturated carbocycles. The van der Waals surface area contributed by atoms with E-state index in [1.807, 2.05) is 29.4 Å². The monoisotopic (exact) mass is 380 g/mol. The molecule has 28 heavy (non-hydrogen) atoms. The second-order valence-corrected chi connectivity index (χ2v) is 7.36. The highest BCUT2D eigenvalue weighted by Gasteiger charge is 2.28. The number of carbonyl (C=O) groups excluding carboxylic acids is 1. The summed E-state index contributed by atoms with van der Waals surface area (Å²) < 4.78 is 0. The minimum Gasteiger partial charge on any atom is -0.353 e. The van der Waals surface area contributed by atoms with Crippen molar-refractivity contribution in [2.75, 3.05) is 38.0 Å². The fourth-order valence-electron chi connectivity index (χ4n) is 3.81. The second-order valence-electron chi connectivity index (χ2n) is 7.36. The first-order chi connectivity index (χ1) is 13.7. The highest BCUT2D eigenvalue weighted by atomic mass is 16.2. The minimum atomic E-state index is -0.0289. The summed E-state index contributed by atoms with van der Waals surface area (Å²) >= 11 is 0. The van der Waals surface area contributed by atoms with Crippen molar-refractivity contribution in [3.63, 3.8) is 0 Å². The van der Waals surface area contributed by atoms with Gasteiger partial charge in [-0.05, 0) is 24.5 Å². The topological polar surface area (TPSA) is 63.5 Å². The smallest absolute Gasteiger partial charge is 0.321 e. The van der Waals surface area contributed by atoms with Crippen LogP contribution in [0.15, 0.2) is 46.1 Å². The van der Waals surface area contributed by atoms with Crippen LogP contribution in [0.4, 0.5) is 10.5 Å². The number of hydrogen-bond acceptors (Lipinski definition) is 5. The van der Waals surface area contributed by atoms with Crippen molar-refractivity contribution < 1.29 is 4.79 Å². The predicted molar refractivity (Wildman–Crippen MR) is 113 cm³/mol. The molecule has 7 nitrogen and oxygen atoms in total. The molecule has 1 aromatic carbocycles. The van der Waals surface area contributed by atoms with Gasteiger partial charge in [0, 0.05) is 44.5 Å². The third-order valence-corrected chi connectivity index (χ3v) is 5.61. The minimum absolute atomic E-state index is 0.0289. The summed E-state index contributed by atoms with van der Waals surface area (Å²) in [6.45, 7) is 8.10. The first kappa shape index (κ1) is 18.5. The summed E-state index contributed by atoms with van der Waals surface area (Å²) in [5.41, 5.74) is 2.06. The highest BCUT2D eigenvalue weighted by molar-refractivity contribution is 6.03. The van der Waals surface area contributed by atoms with Crippen molar-refractivity contribution >= 4 is 23.9 Å². The van der Waals surface area contributed by atoms with Crippen LogP contribution in [0.5, 0.6) is 0 Å². The molecule has 0 radical (unpaired) electrons. The van der Waals surface area contributed by atoms with Crippen LogP contribution < -0.4 is 5.32 Å². The molecule has 1 N–H and O–H groups in total. The third-order valence-electron chi connectivity index (χ3n) is 5.61. The maximum absolute atomic E-state index is 12.7. The van der Waals surface area contributed by atoms with E-state index in [0.717, 1.165) is 55.4 Å². The molecule has 0 aliphatic carbocycles. The summed E-state index contributed by atoms with van der Waals surface area (Å²) in [4.78, 5) is 28.3. The molecule has 1 saturated heterocycles. The number of benzene rings is 1. The van der Waals surface area contributed by atoms with Crippen LogP contribution in [-0.2, 0) is 6.42 Å². The van der Waals surface area contributed by atoms with Gasteiger partial charge in [0.1, 0.15) is 11.7 Å². The van der Waals surface area contributed by atoms with Crippen molar-refractivity contribution in [3.05, 3.63) is 41.7 Å². The molecule has 3 heterocycles. The Morgan fingerprint density at radius 3 is 2.71 bits per heavy atom. The second kappa shape index (κ2) is 8.04. The lowest BCUT2D eigenvalue weighted by Gasteiger charge is -2.36. The van der Waals surface area contributed by atoms with Crippen molar-refractivity contribution in [2.45, 2.75) is 32.7 Å². The van der Waals surface area contributed by atoms with Gasteiger partial charge in [0.15, 0.2) is 0 Å². The Kier molecular flexibility index (Phi) is 5.32. The molecule has 3 aliphatic heterocycles. The van der Waals surface area contributed by atoms with Crippen molar-refractivity contribution in [1.29, 1.82) is 0 Å². The number of piperazine rings is 1. The standard InChI is InChI=1S/C21H28N6O/c1-3-16-7-5-6-8-18(16)24-21(28)26-11-9-25(10-12-26)19-13-20-23-17(4-2)14-27(20)15-22-19/h5-8,13,15,17H,3-4,9-12,14H2,1-2H3,(H,24,28)/t17-/m1/s1. The van der Waals surface area contributed by atoms with Crippen molar-refractivity contribution in [3.8, 4) is 0 Å². The summed E-state index contributed by atoms with van der Waals surface area (Å²) in [5, 5.41) is 3.07. The lowest BCUT2D eigenvalue weighted by molar-refractivity contribution is 0.167. The van der Waals surface area contributed by atoms with Crippen LogP contribution in [0.2, 0.25) is 0 Å². The molecule has 4 rings (SSSR count). The quantitative estimate of drug-likeness (QED) is 0.874. The maximum atomic E-state index is 12.7. The van der Waals surface area contributed by atoms with Crippen LogP contribution in [0.25, 0.3) is 0 Å². The van der Waals surface area contributed by atoms with Gasteiger partial charge in [-0.25, -0.2) is 9.79 Å². The number of hydrogen-bond donors (Lipinski definition) is 1. The number of fused-ring (bicyclic) bond motifs is 1. The average molecular weight is 380 g/mol. The van der Waals surface area contributed by atoms with Crippen molar-refractivity contribution in [2.24, 2.45) is 9.98 Å². The highest BCUT2D eigenvalue weighted by Crippen LogP contribution is 2.20. The normalized spacial score (nSPS) is 21.4. The Labute approximate surface area is 166 Å². The molecule has 0 bridgehead atoms. The molecule has 0 aromatic heterocycles. The van der Waals surface area contributed by atoms with Gasteiger partial charge in [-0.2, -0.15) is 0 Å². The van der Waals surface area contributed by atoms with E-state index in [2.05, 4.69) is 46.1 Å². The summed E-state index contributed by atoms with van der Waals surface area (Å²) in [7, 11) is 0. The van der Waals surface area contributed by atoms with Crippen LogP contribution in [0.1, 0.15) is 25.8 Å². The van der Waals surface area contributed by atoms with Gasteiger partial charge in [-0.15, -0.1) is 0 Å². The van der Waals surface area contributed by atoms with E-state index in [0.29, 0.717) is 19.1 Å². The number of para-hydroxylation sites is 1. The fraction of sp³-hybridized carbons (Fsp3) is 0.476. The molecule has 1 aromatic rings. The van der Waals surface area contributed by atoms with E-state index in [9.17, 15) is 4.79 Å². The number of amidine groups is 1. The van der Waals surface area contributed by atoms with Gasteiger partial charge in [-0.3, -0.25) is 4.99 Å². The molecular weight excluding hydrogens is 352 g/mol. The molecule has 148 valence electrons. The molecular formula is C21H28N6O. The molecule has 7 heteroatoms. The zero-order valence-electron chi connectivity index (χ0n) is 16.6. The number of nitrogens with one attached hydrogen (secondary N) is 1. The zero-order valence-corrected chi connectivity index (χ0v) is 16.6. The number of nitrogens with zero attached hydrogens (tertiary/aromatic N) is 5. The molecule has 0 unspecified atom stereocenters. The number of amides is 2. The van der Waals surface area contributed by atoms with Gasteiger partial charge in [0.05, 0.1) is 12.4 Å². The summed E-state index contributed by atoms with van der Waals surface area (Å²) in [6.07, 6.45) is 5.91. The first-order valence-electron chi connectivity index (χ1n) is 10.2. The number of aryl methyl sites for hydroxylation is 1. The van der Waals surface area contributed by atoms with E-state index in [1.54, 1.807) is 0 Å². The number of aliphatic imine (C=N–C) groups is 2. The van der Waals surface area contributed by atoms with E-state index in [1.165, 1.54) is 0 Å². The van der Waals surface area contributed by atoms with Gasteiger partial charge >= 0.3 is 6.03 Å². The predicted octanol–water partition coefficient (Wildman–Crippen LogP) is 2.77. The summed E-state index contributed by atoms with van der Waals surface area (Å²) in [5.74, 6) is 1.95. The van der Waals surface area contributed by atoms with Gasteiger partial charge in [-0.1, -0.05) is 32.0 Å². The number of rotatable bonds is 4. The van der Waals surface area contributed by atoms with Gasteiger partial charge in [0.25, 0.3) is 0 Å². The SMILES string of the molecule is CCc1ccccc1NC(=O)N1CCN(C2=CC3=N[C@H](CC)CN3C=N2)CC1. The van der Waals surface area contributed by atoms with Gasteiger partial charge in [0.2, 0.25) is 0 Å². The Balaban J connectivity index is 1.35. The molecule has 1 fully saturated rings. The molecule has 3 aliphatic rings. The van der Waals surface area contributed by atoms with Crippen molar-refractivity contribution in [1.82, 2.24) is 14.7 Å².